The minimum atomic E-state index is -3.77. The molecule has 7 nitrogen and oxygen atoms in total. The molecule has 0 unspecified atom stereocenters. The van der Waals surface area contributed by atoms with Crippen molar-refractivity contribution in [2.75, 3.05) is 24.7 Å². The number of nitrogens with zero attached hydrogens (tertiary/aromatic N) is 1. The monoisotopic (exact) mass is 360 g/mol. The number of nitro groups is 1. The van der Waals surface area contributed by atoms with Crippen LogP contribution in [0.1, 0.15) is 6.42 Å². The molecule has 0 saturated carbocycles. The summed E-state index contributed by atoms with van der Waals surface area (Å²) in [6.45, 7) is 0.317. The predicted octanol–water partition coefficient (Wildman–Crippen LogP) is 1.70. The quantitative estimate of drug-likeness (QED) is 0.394. The number of aliphatic hydroxyl groups is 1. The van der Waals surface area contributed by atoms with Gasteiger partial charge in [-0.15, -0.1) is 11.3 Å². The maximum absolute atomic E-state index is 11.9. The standard InChI is InChI=1S/C9H13ClN2O5S3/c10-9-7(12(14)15)6-8(19-9)20(16,17)11-2-5-18-4-1-3-13/h6,11,13H,1-5H2. The van der Waals surface area contributed by atoms with Crippen LogP contribution in [0.3, 0.4) is 0 Å². The van der Waals surface area contributed by atoms with Crippen molar-refractivity contribution in [2.45, 2.75) is 10.6 Å². The maximum Gasteiger partial charge on any atom is 0.300 e. The fraction of sp³-hybridized carbons (Fsp3) is 0.556. The molecule has 0 radical (unpaired) electrons. The summed E-state index contributed by atoms with van der Waals surface area (Å²) in [5.41, 5.74) is -0.408. The second kappa shape index (κ2) is 8.15. The number of sulfonamides is 1. The van der Waals surface area contributed by atoms with Gasteiger partial charge in [-0.25, -0.2) is 13.1 Å². The number of aliphatic hydroxyl groups excluding tert-OH is 1. The highest BCUT2D eigenvalue weighted by Gasteiger charge is 2.24. The van der Waals surface area contributed by atoms with Crippen LogP contribution in [0.15, 0.2) is 10.3 Å². The number of nitrogens with one attached hydrogen (secondary N) is 1. The van der Waals surface area contributed by atoms with Gasteiger partial charge in [-0.05, 0) is 12.2 Å². The van der Waals surface area contributed by atoms with E-state index in [-0.39, 0.29) is 21.7 Å². The molecule has 0 spiro atoms. The molecule has 0 aliphatic carbocycles. The Bertz CT molecular complexity index is 560. The Morgan fingerprint density at radius 3 is 2.75 bits per heavy atom. The van der Waals surface area contributed by atoms with E-state index < -0.39 is 20.6 Å². The van der Waals surface area contributed by atoms with Crippen molar-refractivity contribution in [3.63, 3.8) is 0 Å². The van der Waals surface area contributed by atoms with Crippen molar-refractivity contribution in [3.8, 4) is 0 Å². The first kappa shape index (κ1) is 17.7. The zero-order valence-corrected chi connectivity index (χ0v) is 13.4. The Morgan fingerprint density at radius 2 is 2.20 bits per heavy atom. The van der Waals surface area contributed by atoms with E-state index >= 15 is 0 Å². The number of halogens is 1. The smallest absolute Gasteiger partial charge is 0.300 e. The van der Waals surface area contributed by atoms with Crippen LogP contribution in [0.25, 0.3) is 0 Å². The van der Waals surface area contributed by atoms with E-state index in [4.69, 9.17) is 16.7 Å². The first-order chi connectivity index (χ1) is 9.38. The molecular formula is C9H13ClN2O5S3. The zero-order chi connectivity index (χ0) is 15.2. The lowest BCUT2D eigenvalue weighted by Gasteiger charge is -2.03. The Hall–Kier alpha value is -0.390. The predicted molar refractivity (Wildman–Crippen MR) is 80.2 cm³/mol. The van der Waals surface area contributed by atoms with E-state index in [1.807, 2.05) is 0 Å². The van der Waals surface area contributed by atoms with Gasteiger partial charge in [0.1, 0.15) is 4.21 Å². The fourth-order valence-corrected chi connectivity index (χ4v) is 4.84. The van der Waals surface area contributed by atoms with Crippen LogP contribution >= 0.6 is 34.7 Å². The van der Waals surface area contributed by atoms with E-state index in [9.17, 15) is 18.5 Å². The highest BCUT2D eigenvalue weighted by atomic mass is 35.5. The third-order valence-corrected chi connectivity index (χ3v) is 6.44. The minimum absolute atomic E-state index is 0.107. The molecule has 114 valence electrons. The van der Waals surface area contributed by atoms with Crippen molar-refractivity contribution in [1.82, 2.24) is 4.72 Å². The molecular weight excluding hydrogens is 348 g/mol. The third-order valence-electron chi connectivity index (χ3n) is 2.09. The lowest BCUT2D eigenvalue weighted by atomic mass is 10.5. The molecule has 1 rings (SSSR count). The second-order valence-corrected chi connectivity index (χ2v) is 8.44. The van der Waals surface area contributed by atoms with Crippen molar-refractivity contribution >= 4 is 50.4 Å². The maximum atomic E-state index is 11.9. The van der Waals surface area contributed by atoms with Gasteiger partial charge in [0.05, 0.1) is 4.92 Å². The molecule has 0 amide bonds. The normalized spacial score (nSPS) is 11.7. The van der Waals surface area contributed by atoms with Gasteiger partial charge in [-0.1, -0.05) is 11.6 Å². The summed E-state index contributed by atoms with van der Waals surface area (Å²) in [7, 11) is -3.77. The lowest BCUT2D eigenvalue weighted by molar-refractivity contribution is -0.384. The van der Waals surface area contributed by atoms with Crippen LogP contribution < -0.4 is 4.72 Å². The summed E-state index contributed by atoms with van der Waals surface area (Å²) in [4.78, 5) is 9.89. The van der Waals surface area contributed by atoms with Crippen LogP contribution in [-0.4, -0.2) is 43.1 Å². The second-order valence-electron chi connectivity index (χ2n) is 3.57. The Balaban J connectivity index is 2.56. The van der Waals surface area contributed by atoms with Crippen LogP contribution in [0.5, 0.6) is 0 Å². The van der Waals surface area contributed by atoms with E-state index in [1.54, 1.807) is 0 Å². The molecule has 0 atom stereocenters. The molecule has 20 heavy (non-hydrogen) atoms. The van der Waals surface area contributed by atoms with Gasteiger partial charge in [-0.3, -0.25) is 10.1 Å². The van der Waals surface area contributed by atoms with Crippen molar-refractivity contribution in [1.29, 1.82) is 0 Å². The number of thioether (sulfide) groups is 1. The van der Waals surface area contributed by atoms with Gasteiger partial charge in [0.2, 0.25) is 10.0 Å². The van der Waals surface area contributed by atoms with Crippen molar-refractivity contribution < 1.29 is 18.4 Å². The van der Waals surface area contributed by atoms with Crippen molar-refractivity contribution in [2.24, 2.45) is 0 Å². The first-order valence-corrected chi connectivity index (χ1v) is 9.33. The topological polar surface area (TPSA) is 110 Å². The summed E-state index contributed by atoms with van der Waals surface area (Å²) >= 11 is 7.79. The van der Waals surface area contributed by atoms with E-state index in [0.717, 1.165) is 11.8 Å². The Kier molecular flexibility index (Phi) is 7.20. The van der Waals surface area contributed by atoms with Gasteiger partial charge < -0.3 is 5.11 Å². The third kappa shape index (κ3) is 5.19. The van der Waals surface area contributed by atoms with Crippen LogP contribution in [0.2, 0.25) is 4.34 Å². The molecule has 0 aromatic carbocycles. The van der Waals surface area contributed by atoms with Crippen LogP contribution in [-0.2, 0) is 10.0 Å². The van der Waals surface area contributed by atoms with Gasteiger partial charge >= 0.3 is 0 Å². The summed E-state index contributed by atoms with van der Waals surface area (Å²) in [5.74, 6) is 1.30. The van der Waals surface area contributed by atoms with Gasteiger partial charge in [0.15, 0.2) is 4.34 Å². The highest BCUT2D eigenvalue weighted by molar-refractivity contribution is 7.99. The highest BCUT2D eigenvalue weighted by Crippen LogP contribution is 2.35. The molecule has 0 aliphatic heterocycles. The SMILES string of the molecule is O=[N+]([O-])c1cc(S(=O)(=O)NCCSCCCO)sc1Cl. The van der Waals surface area contributed by atoms with E-state index in [0.29, 0.717) is 23.5 Å². The number of hydrogen-bond acceptors (Lipinski definition) is 7. The lowest BCUT2D eigenvalue weighted by Crippen LogP contribution is -2.25. The average molecular weight is 361 g/mol. The van der Waals surface area contributed by atoms with Crippen LogP contribution in [0, 0.1) is 10.1 Å². The van der Waals surface area contributed by atoms with E-state index in [1.165, 1.54) is 11.8 Å². The molecule has 11 heteroatoms. The van der Waals surface area contributed by atoms with Gasteiger partial charge in [-0.2, -0.15) is 11.8 Å². The molecule has 2 N–H and O–H groups in total. The van der Waals surface area contributed by atoms with Crippen molar-refractivity contribution in [3.05, 3.63) is 20.5 Å². The molecule has 0 aliphatic rings. The summed E-state index contributed by atoms with van der Waals surface area (Å²) < 4.78 is 25.8. The molecule has 0 bridgehead atoms. The van der Waals surface area contributed by atoms with Crippen LogP contribution in [0.4, 0.5) is 5.69 Å². The van der Waals surface area contributed by atoms with Gasteiger partial charge in [0, 0.05) is 25.0 Å². The minimum Gasteiger partial charge on any atom is -0.396 e. The zero-order valence-electron chi connectivity index (χ0n) is 10.2. The first-order valence-electron chi connectivity index (χ1n) is 5.50. The molecule has 1 aromatic rings. The number of rotatable bonds is 9. The summed E-state index contributed by atoms with van der Waals surface area (Å²) in [6.07, 6.45) is 0.657. The number of hydrogen-bond donors (Lipinski definition) is 2. The Labute approximate surface area is 129 Å². The molecule has 0 saturated heterocycles. The Morgan fingerprint density at radius 1 is 1.50 bits per heavy atom. The largest absolute Gasteiger partial charge is 0.396 e. The summed E-state index contributed by atoms with van der Waals surface area (Å²) in [6, 6.07) is 0.953. The van der Waals surface area contributed by atoms with E-state index in [2.05, 4.69) is 4.72 Å². The average Bonchev–Trinajstić information content (AvgIpc) is 2.76. The molecule has 1 aromatic heterocycles. The summed E-state index contributed by atoms with van der Waals surface area (Å²) in [5, 5.41) is 19.2. The fourth-order valence-electron chi connectivity index (χ4n) is 1.18. The molecule has 1 heterocycles. The number of thiophene rings is 1. The molecule has 0 fully saturated rings. The van der Waals surface area contributed by atoms with Gasteiger partial charge in [0.25, 0.3) is 5.69 Å².